The van der Waals surface area contributed by atoms with Gasteiger partial charge < -0.3 is 9.88 Å². The first-order valence-corrected chi connectivity index (χ1v) is 7.74. The zero-order valence-electron chi connectivity index (χ0n) is 11.9. The summed E-state index contributed by atoms with van der Waals surface area (Å²) in [6, 6.07) is 6.95. The number of benzene rings is 1. The third-order valence-corrected chi connectivity index (χ3v) is 4.10. The highest BCUT2D eigenvalue weighted by atomic mass is 35.5. The first kappa shape index (κ1) is 17.6. The lowest BCUT2D eigenvalue weighted by molar-refractivity contribution is -0.147. The van der Waals surface area contributed by atoms with Gasteiger partial charge in [-0.3, -0.25) is 4.79 Å². The molecule has 0 aliphatic heterocycles. The number of halogens is 4. The minimum Gasteiger partial charge on any atom is -0.351 e. The maximum absolute atomic E-state index is 12.6. The molecule has 0 aliphatic carbocycles. The van der Waals surface area contributed by atoms with Gasteiger partial charge in [-0.25, -0.2) is 0 Å². The van der Waals surface area contributed by atoms with E-state index in [4.69, 9.17) is 11.6 Å². The molecule has 0 atom stereocenters. The Morgan fingerprint density at radius 3 is 2.52 bits per heavy atom. The minimum atomic E-state index is -4.57. The fourth-order valence-corrected chi connectivity index (χ4v) is 2.54. The molecule has 1 heterocycles. The van der Waals surface area contributed by atoms with E-state index in [0.29, 0.717) is 11.6 Å². The number of rotatable bonds is 5. The molecule has 0 unspecified atom stereocenters. The zero-order valence-corrected chi connectivity index (χ0v) is 13.5. The van der Waals surface area contributed by atoms with Gasteiger partial charge in [0.05, 0.1) is 5.75 Å². The maximum Gasteiger partial charge on any atom is 0.451 e. The van der Waals surface area contributed by atoms with Gasteiger partial charge in [0.1, 0.15) is 0 Å². The van der Waals surface area contributed by atoms with Crippen LogP contribution in [0, 0.1) is 0 Å². The summed E-state index contributed by atoms with van der Waals surface area (Å²) in [7, 11) is 1.21. The second-order valence-corrected chi connectivity index (χ2v) is 5.93. The number of hydrogen-bond donors (Lipinski definition) is 1. The lowest BCUT2D eigenvalue weighted by atomic mass is 10.2. The van der Waals surface area contributed by atoms with Crippen LogP contribution in [0.25, 0.3) is 0 Å². The Morgan fingerprint density at radius 1 is 1.30 bits per heavy atom. The first-order valence-electron chi connectivity index (χ1n) is 6.38. The molecule has 124 valence electrons. The van der Waals surface area contributed by atoms with E-state index in [-0.39, 0.29) is 16.8 Å². The molecule has 1 amide bonds. The fourth-order valence-electron chi connectivity index (χ4n) is 1.67. The van der Waals surface area contributed by atoms with Gasteiger partial charge in [0.2, 0.25) is 11.7 Å². The van der Waals surface area contributed by atoms with Crippen molar-refractivity contribution in [3.8, 4) is 0 Å². The van der Waals surface area contributed by atoms with E-state index in [2.05, 4.69) is 15.5 Å². The molecule has 5 nitrogen and oxygen atoms in total. The molecule has 2 rings (SSSR count). The number of carbonyl (C=O) groups excluding carboxylic acids is 1. The molecule has 0 bridgehead atoms. The Balaban J connectivity index is 1.85. The van der Waals surface area contributed by atoms with E-state index in [1.54, 1.807) is 24.3 Å². The smallest absolute Gasteiger partial charge is 0.351 e. The zero-order chi connectivity index (χ0) is 17.0. The summed E-state index contributed by atoms with van der Waals surface area (Å²) in [6.45, 7) is 0.309. The van der Waals surface area contributed by atoms with Crippen molar-refractivity contribution >= 4 is 29.3 Å². The average molecular weight is 365 g/mol. The normalized spacial score (nSPS) is 11.5. The second-order valence-electron chi connectivity index (χ2n) is 4.55. The number of hydrogen-bond acceptors (Lipinski definition) is 4. The molecule has 2 aromatic rings. The molecule has 10 heteroatoms. The van der Waals surface area contributed by atoms with Crippen molar-refractivity contribution in [1.29, 1.82) is 0 Å². The van der Waals surface area contributed by atoms with Crippen LogP contribution in [-0.4, -0.2) is 26.4 Å². The van der Waals surface area contributed by atoms with Crippen molar-refractivity contribution in [1.82, 2.24) is 20.1 Å². The molecule has 23 heavy (non-hydrogen) atoms. The van der Waals surface area contributed by atoms with E-state index in [1.165, 1.54) is 7.05 Å². The minimum absolute atomic E-state index is 0.0268. The van der Waals surface area contributed by atoms with Crippen LogP contribution in [-0.2, 0) is 24.6 Å². The van der Waals surface area contributed by atoms with Crippen LogP contribution in [0.5, 0.6) is 0 Å². The summed E-state index contributed by atoms with van der Waals surface area (Å²) in [5.41, 5.74) is 0.866. The third kappa shape index (κ3) is 4.87. The standard InChI is InChI=1S/C13H12ClF3N4OS/c1-21-11(13(15,16)17)19-20-12(21)23-7-10(22)18-6-8-2-4-9(14)5-3-8/h2-5H,6-7H2,1H3,(H,18,22). The predicted octanol–water partition coefficient (Wildman–Crippen LogP) is 2.90. The van der Waals surface area contributed by atoms with E-state index >= 15 is 0 Å². The predicted molar refractivity (Wildman–Crippen MR) is 80.0 cm³/mol. The van der Waals surface area contributed by atoms with Crippen molar-refractivity contribution in [2.75, 3.05) is 5.75 Å². The number of nitrogens with one attached hydrogen (secondary N) is 1. The number of nitrogens with zero attached hydrogens (tertiary/aromatic N) is 3. The molecule has 1 aromatic heterocycles. The van der Waals surface area contributed by atoms with Crippen LogP contribution in [0.2, 0.25) is 5.02 Å². The Labute approximate surface area is 139 Å². The number of thioether (sulfide) groups is 1. The number of amides is 1. The molecule has 0 spiro atoms. The van der Waals surface area contributed by atoms with Crippen molar-refractivity contribution < 1.29 is 18.0 Å². The van der Waals surface area contributed by atoms with Crippen molar-refractivity contribution in [3.63, 3.8) is 0 Å². The average Bonchev–Trinajstić information content (AvgIpc) is 2.85. The van der Waals surface area contributed by atoms with Gasteiger partial charge in [0, 0.05) is 18.6 Å². The first-order chi connectivity index (χ1) is 10.8. The molecule has 0 radical (unpaired) electrons. The van der Waals surface area contributed by atoms with Gasteiger partial charge in [0.15, 0.2) is 5.16 Å². The highest BCUT2D eigenvalue weighted by molar-refractivity contribution is 7.99. The van der Waals surface area contributed by atoms with Gasteiger partial charge >= 0.3 is 6.18 Å². The Morgan fingerprint density at radius 2 is 1.96 bits per heavy atom. The topological polar surface area (TPSA) is 59.8 Å². The Hall–Kier alpha value is -1.74. The molecule has 1 N–H and O–H groups in total. The highest BCUT2D eigenvalue weighted by Gasteiger charge is 2.37. The van der Waals surface area contributed by atoms with Crippen molar-refractivity contribution in [2.45, 2.75) is 17.9 Å². The fraction of sp³-hybridized carbons (Fsp3) is 0.308. The van der Waals surface area contributed by atoms with Gasteiger partial charge in [-0.15, -0.1) is 10.2 Å². The quantitative estimate of drug-likeness (QED) is 0.829. The van der Waals surface area contributed by atoms with Crippen LogP contribution in [0.3, 0.4) is 0 Å². The van der Waals surface area contributed by atoms with E-state index in [0.717, 1.165) is 21.9 Å². The lowest BCUT2D eigenvalue weighted by Crippen LogP contribution is -2.24. The number of alkyl halides is 3. The molecular formula is C13H12ClF3N4OS. The molecule has 0 saturated heterocycles. The molecule has 1 aromatic carbocycles. The van der Waals surface area contributed by atoms with Crippen molar-refractivity contribution in [2.24, 2.45) is 7.05 Å². The van der Waals surface area contributed by atoms with Crippen LogP contribution in [0.4, 0.5) is 13.2 Å². The summed E-state index contributed by atoms with van der Waals surface area (Å²) < 4.78 is 38.5. The summed E-state index contributed by atoms with van der Waals surface area (Å²) in [6.07, 6.45) is -4.57. The third-order valence-electron chi connectivity index (χ3n) is 2.82. The lowest BCUT2D eigenvalue weighted by Gasteiger charge is -2.07. The van der Waals surface area contributed by atoms with Gasteiger partial charge in [-0.05, 0) is 17.7 Å². The molecule has 0 fully saturated rings. The van der Waals surface area contributed by atoms with E-state index < -0.39 is 12.0 Å². The van der Waals surface area contributed by atoms with Crippen LogP contribution < -0.4 is 5.32 Å². The summed E-state index contributed by atoms with van der Waals surface area (Å²) in [5.74, 6) is -1.47. The summed E-state index contributed by atoms with van der Waals surface area (Å²) in [4.78, 5) is 11.7. The van der Waals surface area contributed by atoms with Crippen molar-refractivity contribution in [3.05, 3.63) is 40.7 Å². The summed E-state index contributed by atoms with van der Waals surface area (Å²) in [5, 5.41) is 9.82. The SMILES string of the molecule is Cn1c(SCC(=O)NCc2ccc(Cl)cc2)nnc1C(F)(F)F. The van der Waals surface area contributed by atoms with Gasteiger partial charge in [-0.2, -0.15) is 13.2 Å². The Kier molecular flexibility index (Phi) is 5.53. The Bertz CT molecular complexity index is 688. The summed E-state index contributed by atoms with van der Waals surface area (Å²) >= 11 is 6.64. The van der Waals surface area contributed by atoms with Crippen LogP contribution >= 0.6 is 23.4 Å². The molecule has 0 aliphatic rings. The monoisotopic (exact) mass is 364 g/mol. The van der Waals surface area contributed by atoms with Crippen LogP contribution in [0.1, 0.15) is 11.4 Å². The maximum atomic E-state index is 12.6. The van der Waals surface area contributed by atoms with Gasteiger partial charge in [0.25, 0.3) is 0 Å². The number of aromatic nitrogens is 3. The van der Waals surface area contributed by atoms with E-state index in [1.807, 2.05) is 0 Å². The van der Waals surface area contributed by atoms with Crippen LogP contribution in [0.15, 0.2) is 29.4 Å². The van der Waals surface area contributed by atoms with E-state index in [9.17, 15) is 18.0 Å². The molecule has 0 saturated carbocycles. The van der Waals surface area contributed by atoms with Gasteiger partial charge in [-0.1, -0.05) is 35.5 Å². The largest absolute Gasteiger partial charge is 0.451 e. The number of carbonyl (C=O) groups is 1. The second kappa shape index (κ2) is 7.22. The highest BCUT2D eigenvalue weighted by Crippen LogP contribution is 2.29. The molecular weight excluding hydrogens is 353 g/mol.